The fraction of sp³-hybridized carbons (Fsp3) is 0.846. The van der Waals surface area contributed by atoms with Crippen molar-refractivity contribution in [2.75, 3.05) is 19.3 Å². The Hall–Kier alpha value is -0.750. The van der Waals surface area contributed by atoms with Crippen LogP contribution in [0.2, 0.25) is 0 Å². The maximum absolute atomic E-state index is 12.2. The van der Waals surface area contributed by atoms with Gasteiger partial charge in [0.05, 0.1) is 10.3 Å². The Morgan fingerprint density at radius 1 is 1.58 bits per heavy atom. The maximum atomic E-state index is 12.2. The Balaban J connectivity index is 2.52. The second kappa shape index (κ2) is 5.71. The predicted molar refractivity (Wildman–Crippen MR) is 77.0 cm³/mol. The number of hydrogen-bond donors (Lipinski definition) is 2. The van der Waals surface area contributed by atoms with E-state index >= 15 is 0 Å². The molecule has 0 aromatic rings. The van der Waals surface area contributed by atoms with Crippen LogP contribution >= 0.6 is 11.8 Å². The second-order valence-electron chi connectivity index (χ2n) is 6.17. The molecule has 0 saturated carbocycles. The number of nitrogens with one attached hydrogen (secondary N) is 1. The van der Waals surface area contributed by atoms with Crippen molar-refractivity contribution < 1.29 is 14.7 Å². The van der Waals surface area contributed by atoms with Crippen LogP contribution in [0.5, 0.6) is 0 Å². The molecule has 0 bridgehead atoms. The Morgan fingerprint density at radius 2 is 2.16 bits per heavy atom. The zero-order chi connectivity index (χ0) is 14.8. The molecule has 0 aromatic heterocycles. The highest BCUT2D eigenvalue weighted by atomic mass is 32.2. The highest BCUT2D eigenvalue weighted by molar-refractivity contribution is 8.01. The van der Waals surface area contributed by atoms with Gasteiger partial charge in [-0.15, -0.1) is 11.8 Å². The van der Waals surface area contributed by atoms with E-state index < -0.39 is 16.4 Å². The number of carbonyl (C=O) groups excluding carboxylic acids is 2. The van der Waals surface area contributed by atoms with Crippen molar-refractivity contribution in [3.63, 3.8) is 0 Å². The molecule has 0 radical (unpaired) electrons. The third kappa shape index (κ3) is 4.69. The number of thioether (sulfide) groups is 1. The quantitative estimate of drug-likeness (QED) is 0.795. The van der Waals surface area contributed by atoms with E-state index in [0.717, 1.165) is 0 Å². The van der Waals surface area contributed by atoms with Crippen LogP contribution in [-0.4, -0.2) is 57.6 Å². The zero-order valence-corrected chi connectivity index (χ0v) is 13.1. The van der Waals surface area contributed by atoms with Crippen LogP contribution in [0, 0.1) is 0 Å². The molecule has 6 heteroatoms. The van der Waals surface area contributed by atoms with Crippen molar-refractivity contribution >= 4 is 23.6 Å². The molecule has 5 nitrogen and oxygen atoms in total. The topological polar surface area (TPSA) is 69.6 Å². The minimum absolute atomic E-state index is 0.0967. The minimum atomic E-state index is -0.791. The summed E-state index contributed by atoms with van der Waals surface area (Å²) < 4.78 is -0.470. The Morgan fingerprint density at radius 3 is 2.63 bits per heavy atom. The van der Waals surface area contributed by atoms with Crippen molar-refractivity contribution in [2.45, 2.75) is 50.5 Å². The number of carbonyl (C=O) groups is 2. The van der Waals surface area contributed by atoms with Crippen molar-refractivity contribution in [3.8, 4) is 0 Å². The first-order valence-electron chi connectivity index (χ1n) is 6.45. The van der Waals surface area contributed by atoms with E-state index in [0.29, 0.717) is 18.7 Å². The van der Waals surface area contributed by atoms with Crippen molar-refractivity contribution in [1.29, 1.82) is 0 Å². The lowest BCUT2D eigenvalue weighted by Crippen LogP contribution is -2.57. The molecule has 2 amide bonds. The van der Waals surface area contributed by atoms with Crippen LogP contribution in [0.3, 0.4) is 0 Å². The van der Waals surface area contributed by atoms with E-state index in [9.17, 15) is 14.7 Å². The summed E-state index contributed by atoms with van der Waals surface area (Å²) in [6, 6.07) is -0.461. The second-order valence-corrected chi connectivity index (χ2v) is 7.81. The summed E-state index contributed by atoms with van der Waals surface area (Å²) in [5, 5.41) is 12.4. The van der Waals surface area contributed by atoms with Gasteiger partial charge in [0.2, 0.25) is 11.8 Å². The first-order valence-corrected chi connectivity index (χ1v) is 7.44. The molecule has 19 heavy (non-hydrogen) atoms. The summed E-state index contributed by atoms with van der Waals surface area (Å²) in [6.45, 7) is 7.61. The third-order valence-electron chi connectivity index (χ3n) is 3.20. The van der Waals surface area contributed by atoms with Gasteiger partial charge in [-0.1, -0.05) is 0 Å². The first kappa shape index (κ1) is 16.3. The molecule has 1 atom stereocenters. The van der Waals surface area contributed by atoms with Gasteiger partial charge in [-0.25, -0.2) is 0 Å². The number of nitrogens with zero attached hydrogens (tertiary/aromatic N) is 1. The molecule has 0 aromatic carbocycles. The molecule has 1 fully saturated rings. The molecular weight excluding hydrogens is 264 g/mol. The van der Waals surface area contributed by atoms with E-state index in [-0.39, 0.29) is 11.8 Å². The monoisotopic (exact) mass is 288 g/mol. The average Bonchev–Trinajstić information content (AvgIpc) is 2.27. The Bertz CT molecular complexity index is 363. The van der Waals surface area contributed by atoms with Crippen LogP contribution in [0.15, 0.2) is 0 Å². The van der Waals surface area contributed by atoms with Crippen LogP contribution in [-0.2, 0) is 9.59 Å². The van der Waals surface area contributed by atoms with Crippen molar-refractivity contribution in [2.24, 2.45) is 0 Å². The van der Waals surface area contributed by atoms with Crippen LogP contribution in [0.4, 0.5) is 0 Å². The summed E-state index contributed by atoms with van der Waals surface area (Å²) >= 11 is 1.50. The molecule has 1 unspecified atom stereocenters. The smallest absolute Gasteiger partial charge is 0.245 e. The number of hydrogen-bond acceptors (Lipinski definition) is 4. The van der Waals surface area contributed by atoms with Gasteiger partial charge in [-0.2, -0.15) is 0 Å². The van der Waals surface area contributed by atoms with Gasteiger partial charge in [-0.05, 0) is 34.1 Å². The number of rotatable bonds is 4. The van der Waals surface area contributed by atoms with Gasteiger partial charge in [0, 0.05) is 19.3 Å². The van der Waals surface area contributed by atoms with E-state index in [1.54, 1.807) is 25.8 Å². The maximum Gasteiger partial charge on any atom is 0.245 e. The van der Waals surface area contributed by atoms with Crippen molar-refractivity contribution in [3.05, 3.63) is 0 Å². The van der Waals surface area contributed by atoms with Gasteiger partial charge >= 0.3 is 0 Å². The highest BCUT2D eigenvalue weighted by Gasteiger charge is 2.38. The number of amides is 2. The summed E-state index contributed by atoms with van der Waals surface area (Å²) in [7, 11) is 1.70. The SMILES string of the molecule is CN(CCC(C)(C)O)C(=O)C1CSC(C)(C)C(=O)N1. The van der Waals surface area contributed by atoms with Gasteiger partial charge in [0.15, 0.2) is 0 Å². The minimum Gasteiger partial charge on any atom is -0.390 e. The third-order valence-corrected chi connectivity index (χ3v) is 4.60. The van der Waals surface area contributed by atoms with E-state index in [4.69, 9.17) is 0 Å². The summed E-state index contributed by atoms with van der Waals surface area (Å²) in [6.07, 6.45) is 0.508. The average molecular weight is 288 g/mol. The summed E-state index contributed by atoms with van der Waals surface area (Å²) in [5.74, 6) is 0.392. The normalized spacial score (nSPS) is 22.8. The van der Waals surface area contributed by atoms with Gasteiger partial charge in [0.25, 0.3) is 0 Å². The lowest BCUT2D eigenvalue weighted by molar-refractivity contribution is -0.136. The molecular formula is C13H24N2O3S. The number of aliphatic hydroxyl groups is 1. The standard InChI is InChI=1S/C13H24N2O3S/c1-12(2,18)6-7-15(5)10(16)9-8-19-13(3,4)11(17)14-9/h9,18H,6-8H2,1-5H3,(H,14,17). The molecule has 1 aliphatic heterocycles. The molecule has 1 aliphatic rings. The summed E-state index contributed by atoms with van der Waals surface area (Å²) in [5.41, 5.74) is -0.791. The molecule has 1 heterocycles. The molecule has 2 N–H and O–H groups in total. The molecule has 110 valence electrons. The van der Waals surface area contributed by atoms with Gasteiger partial charge in [-0.3, -0.25) is 9.59 Å². The Kier molecular flexibility index (Phi) is 4.90. The van der Waals surface area contributed by atoms with Crippen LogP contribution < -0.4 is 5.32 Å². The largest absolute Gasteiger partial charge is 0.390 e. The fourth-order valence-electron chi connectivity index (χ4n) is 1.68. The van der Waals surface area contributed by atoms with Crippen LogP contribution in [0.1, 0.15) is 34.1 Å². The van der Waals surface area contributed by atoms with E-state index in [1.165, 1.54) is 11.8 Å². The van der Waals surface area contributed by atoms with Gasteiger partial charge < -0.3 is 15.3 Å². The molecule has 1 saturated heterocycles. The zero-order valence-electron chi connectivity index (χ0n) is 12.3. The van der Waals surface area contributed by atoms with Crippen LogP contribution in [0.25, 0.3) is 0 Å². The predicted octanol–water partition coefficient (Wildman–Crippen LogP) is 0.616. The van der Waals surface area contributed by atoms with Crippen molar-refractivity contribution in [1.82, 2.24) is 10.2 Å². The Labute approximate surface area is 119 Å². The lowest BCUT2D eigenvalue weighted by Gasteiger charge is -2.35. The lowest BCUT2D eigenvalue weighted by atomic mass is 10.1. The number of likely N-dealkylation sites (N-methyl/N-ethyl adjacent to an activating group) is 1. The first-order chi connectivity index (χ1) is 8.53. The van der Waals surface area contributed by atoms with E-state index in [1.807, 2.05) is 13.8 Å². The van der Waals surface area contributed by atoms with E-state index in [2.05, 4.69) is 5.32 Å². The van der Waals surface area contributed by atoms with Gasteiger partial charge in [0.1, 0.15) is 6.04 Å². The molecule has 0 aliphatic carbocycles. The summed E-state index contributed by atoms with van der Waals surface area (Å²) in [4.78, 5) is 25.6. The fourth-order valence-corrected chi connectivity index (χ4v) is 2.68. The highest BCUT2D eigenvalue weighted by Crippen LogP contribution is 2.29. The molecule has 0 spiro atoms. The molecule has 1 rings (SSSR count).